The molecule has 20 heavy (non-hydrogen) atoms. The molecule has 0 heterocycles. The lowest BCUT2D eigenvalue weighted by Gasteiger charge is -2.11. The van der Waals surface area contributed by atoms with Crippen molar-refractivity contribution in [3.05, 3.63) is 59.2 Å². The Kier molecular flexibility index (Phi) is 5.74. The van der Waals surface area contributed by atoms with Gasteiger partial charge in [0.1, 0.15) is 0 Å². The Morgan fingerprint density at radius 1 is 0.800 bits per heavy atom. The molecule has 0 saturated heterocycles. The van der Waals surface area contributed by atoms with Crippen LogP contribution >= 0.6 is 0 Å². The van der Waals surface area contributed by atoms with Gasteiger partial charge in [0.05, 0.1) is 0 Å². The van der Waals surface area contributed by atoms with Crippen LogP contribution < -0.4 is 0 Å². The highest BCUT2D eigenvalue weighted by atomic mass is 20.0. The van der Waals surface area contributed by atoms with Gasteiger partial charge >= 0.3 is 0 Å². The second-order valence-corrected chi connectivity index (χ2v) is 4.85. The van der Waals surface area contributed by atoms with E-state index in [0.717, 1.165) is 11.6 Å². The maximum Gasteiger partial charge on any atom is 0.159 e. The predicted molar refractivity (Wildman–Crippen MR) is 72.8 cm³/mol. The van der Waals surface area contributed by atoms with Crippen LogP contribution in [-0.2, 0) is 0 Å². The summed E-state index contributed by atoms with van der Waals surface area (Å²) < 4.78 is 42.1. The Balaban J connectivity index is 0.000000956. The van der Waals surface area contributed by atoms with Crippen LogP contribution in [0.1, 0.15) is 30.9 Å². The topological polar surface area (TPSA) is 0 Å². The maximum atomic E-state index is 13.2. The molecule has 0 radical (unpaired) electrons. The molecule has 0 aliphatic carbocycles. The Labute approximate surface area is 115 Å². The highest BCUT2D eigenvalue weighted by Gasteiger charge is 2.07. The van der Waals surface area contributed by atoms with E-state index in [2.05, 4.69) is 19.9 Å². The Morgan fingerprint density at radius 2 is 1.35 bits per heavy atom. The van der Waals surface area contributed by atoms with Crippen molar-refractivity contribution >= 4 is 0 Å². The largest absolute Gasteiger partial charge is 0.204 e. The standard InChI is InChI=1S/C16H16F2.F2/c1-10(2)14-6-4-12(8-11(14)3)13-5-7-15(17)16(18)9-13;1-2/h4-10H,1-3H3;. The summed E-state index contributed by atoms with van der Waals surface area (Å²) in [6.07, 6.45) is 0. The van der Waals surface area contributed by atoms with Gasteiger partial charge in [-0.15, -0.1) is 0 Å². The lowest BCUT2D eigenvalue weighted by Crippen LogP contribution is -1.93. The number of aryl methyl sites for hydroxylation is 1. The second-order valence-electron chi connectivity index (χ2n) is 4.85. The van der Waals surface area contributed by atoms with Crippen molar-refractivity contribution in [3.8, 4) is 11.1 Å². The third-order valence-corrected chi connectivity index (χ3v) is 3.14. The Morgan fingerprint density at radius 3 is 1.85 bits per heavy atom. The van der Waals surface area contributed by atoms with E-state index in [1.807, 2.05) is 19.1 Å². The number of hydrogen-bond acceptors (Lipinski definition) is 0. The normalized spacial score (nSPS) is 10.2. The average Bonchev–Trinajstić information content (AvgIpc) is 2.43. The molecule has 0 bridgehead atoms. The fraction of sp³-hybridized carbons (Fsp3) is 0.250. The van der Waals surface area contributed by atoms with Crippen LogP contribution in [0.2, 0.25) is 0 Å². The number of halogens is 4. The zero-order valence-electron chi connectivity index (χ0n) is 11.6. The third kappa shape index (κ3) is 3.59. The first-order valence-corrected chi connectivity index (χ1v) is 6.19. The molecular weight excluding hydrogens is 268 g/mol. The fourth-order valence-electron chi connectivity index (χ4n) is 2.18. The fourth-order valence-corrected chi connectivity index (χ4v) is 2.18. The average molecular weight is 284 g/mol. The van der Waals surface area contributed by atoms with Gasteiger partial charge in [-0.1, -0.05) is 38.1 Å². The van der Waals surface area contributed by atoms with Gasteiger partial charge in [-0.25, -0.2) is 8.78 Å². The molecule has 0 unspecified atom stereocenters. The van der Waals surface area contributed by atoms with Crippen LogP contribution in [-0.4, -0.2) is 0 Å². The highest BCUT2D eigenvalue weighted by molar-refractivity contribution is 5.65. The van der Waals surface area contributed by atoms with Crippen molar-refractivity contribution in [1.82, 2.24) is 0 Å². The van der Waals surface area contributed by atoms with Gasteiger partial charge in [-0.3, -0.25) is 0 Å². The molecule has 2 aromatic carbocycles. The lowest BCUT2D eigenvalue weighted by molar-refractivity contribution is 0.108. The summed E-state index contributed by atoms with van der Waals surface area (Å²) in [6.45, 7) is 6.32. The molecule has 0 nitrogen and oxygen atoms in total. The van der Waals surface area contributed by atoms with Gasteiger partial charge in [-0.2, -0.15) is 0 Å². The molecule has 0 aromatic heterocycles. The summed E-state index contributed by atoms with van der Waals surface area (Å²) in [5.74, 6) is -1.16. The van der Waals surface area contributed by atoms with E-state index in [9.17, 15) is 8.78 Å². The van der Waals surface area contributed by atoms with E-state index < -0.39 is 11.6 Å². The van der Waals surface area contributed by atoms with E-state index in [0.29, 0.717) is 11.5 Å². The van der Waals surface area contributed by atoms with Crippen molar-refractivity contribution in [2.75, 3.05) is 0 Å². The van der Waals surface area contributed by atoms with E-state index in [4.69, 9.17) is 9.15 Å². The van der Waals surface area contributed by atoms with Crippen LogP contribution in [0.3, 0.4) is 0 Å². The monoisotopic (exact) mass is 284 g/mol. The first kappa shape index (κ1) is 16.2. The summed E-state index contributed by atoms with van der Waals surface area (Å²) in [4.78, 5) is 0. The Bertz CT molecular complexity index is 577. The minimum Gasteiger partial charge on any atom is -0.204 e. The zero-order chi connectivity index (χ0) is 15.3. The van der Waals surface area contributed by atoms with Crippen molar-refractivity contribution in [3.63, 3.8) is 0 Å². The zero-order valence-corrected chi connectivity index (χ0v) is 11.6. The molecule has 4 heteroatoms. The number of rotatable bonds is 2. The van der Waals surface area contributed by atoms with Crippen LogP contribution in [0.15, 0.2) is 36.4 Å². The smallest absolute Gasteiger partial charge is 0.159 e. The van der Waals surface area contributed by atoms with Crippen LogP contribution in [0.5, 0.6) is 0 Å². The molecular formula is C16H16F4. The first-order chi connectivity index (χ1) is 9.49. The first-order valence-electron chi connectivity index (χ1n) is 6.19. The van der Waals surface area contributed by atoms with Crippen molar-refractivity contribution in [2.45, 2.75) is 26.7 Å². The van der Waals surface area contributed by atoms with E-state index in [-0.39, 0.29) is 0 Å². The summed E-state index contributed by atoms with van der Waals surface area (Å²) in [6, 6.07) is 10.0. The Hall–Kier alpha value is -1.84. The molecule has 0 N–H and O–H groups in total. The third-order valence-electron chi connectivity index (χ3n) is 3.14. The van der Waals surface area contributed by atoms with Gasteiger partial charge in [0, 0.05) is 9.15 Å². The molecule has 0 saturated carbocycles. The van der Waals surface area contributed by atoms with Gasteiger partial charge in [0.2, 0.25) is 0 Å². The maximum absolute atomic E-state index is 13.2. The highest BCUT2D eigenvalue weighted by Crippen LogP contribution is 2.26. The molecule has 0 amide bonds. The van der Waals surface area contributed by atoms with Crippen molar-refractivity contribution < 1.29 is 17.9 Å². The SMILES string of the molecule is Cc1cc(-c2ccc(F)c(F)c2)ccc1C(C)C.FF. The van der Waals surface area contributed by atoms with E-state index in [1.54, 1.807) is 6.07 Å². The molecule has 0 atom stereocenters. The van der Waals surface area contributed by atoms with Gasteiger partial charge in [0.25, 0.3) is 0 Å². The second kappa shape index (κ2) is 7.08. The molecule has 0 spiro atoms. The van der Waals surface area contributed by atoms with Gasteiger partial charge < -0.3 is 0 Å². The van der Waals surface area contributed by atoms with Gasteiger partial charge in [-0.05, 0) is 47.2 Å². The summed E-state index contributed by atoms with van der Waals surface area (Å²) in [5, 5.41) is 0. The van der Waals surface area contributed by atoms with Crippen LogP contribution in [0.4, 0.5) is 17.9 Å². The minimum atomic E-state index is -0.811. The van der Waals surface area contributed by atoms with E-state index in [1.165, 1.54) is 17.2 Å². The number of hydrogen-bond donors (Lipinski definition) is 0. The molecule has 108 valence electrons. The molecule has 0 aliphatic rings. The molecule has 2 rings (SSSR count). The number of benzene rings is 2. The van der Waals surface area contributed by atoms with Gasteiger partial charge in [0.15, 0.2) is 11.6 Å². The summed E-state index contributed by atoms with van der Waals surface area (Å²) in [7, 11) is 0. The lowest BCUT2D eigenvalue weighted by atomic mass is 9.94. The van der Waals surface area contributed by atoms with Crippen LogP contribution in [0, 0.1) is 18.6 Å². The summed E-state index contributed by atoms with van der Waals surface area (Å²) >= 11 is 0. The molecule has 2 aromatic rings. The van der Waals surface area contributed by atoms with Crippen LogP contribution in [0.25, 0.3) is 11.1 Å². The van der Waals surface area contributed by atoms with Crippen molar-refractivity contribution in [1.29, 1.82) is 0 Å². The van der Waals surface area contributed by atoms with Crippen molar-refractivity contribution in [2.24, 2.45) is 0 Å². The molecule has 0 fully saturated rings. The van der Waals surface area contributed by atoms with E-state index >= 15 is 0 Å². The quantitative estimate of drug-likeness (QED) is 0.602. The summed E-state index contributed by atoms with van der Waals surface area (Å²) in [5.41, 5.74) is 4.07. The predicted octanol–water partition coefficient (Wildman–Crippen LogP) is 5.90. The molecule has 0 aliphatic heterocycles. The minimum absolute atomic E-state index is 0.462.